The summed E-state index contributed by atoms with van der Waals surface area (Å²) in [7, 11) is 0. The smallest absolute Gasteiger partial charge is 0.253 e. The number of thiophene rings is 1. The second-order valence-electron chi connectivity index (χ2n) is 6.21. The average molecular weight is 320 g/mol. The molecule has 2 unspecified atom stereocenters. The summed E-state index contributed by atoms with van der Waals surface area (Å²) >= 11 is 1.58. The van der Waals surface area contributed by atoms with Crippen molar-refractivity contribution in [1.29, 1.82) is 5.26 Å². The summed E-state index contributed by atoms with van der Waals surface area (Å²) in [5, 5.41) is 15.0. The zero-order valence-corrected chi connectivity index (χ0v) is 13.4. The Labute approximate surface area is 139 Å². The first-order chi connectivity index (χ1) is 11.2. The predicted molar refractivity (Wildman–Crippen MR) is 90.6 cm³/mol. The Hall–Kier alpha value is -2.38. The fourth-order valence-electron chi connectivity index (χ4n) is 3.83. The molecule has 1 aromatic heterocycles. The first-order valence-corrected chi connectivity index (χ1v) is 8.64. The van der Waals surface area contributed by atoms with Crippen LogP contribution in [-0.4, -0.2) is 11.9 Å². The van der Waals surface area contributed by atoms with E-state index in [1.54, 1.807) is 11.3 Å². The lowest BCUT2D eigenvalue weighted by molar-refractivity contribution is -0.115. The third-order valence-electron chi connectivity index (χ3n) is 4.92. The summed E-state index contributed by atoms with van der Waals surface area (Å²) in [6, 6.07) is 16.4. The number of fused-ring (bicyclic) bond motifs is 1. The first-order valence-electron chi connectivity index (χ1n) is 7.76. The van der Waals surface area contributed by atoms with Gasteiger partial charge in [-0.2, -0.15) is 5.26 Å². The zero-order valence-electron chi connectivity index (χ0n) is 12.6. The van der Waals surface area contributed by atoms with Crippen molar-refractivity contribution in [2.45, 2.75) is 25.3 Å². The van der Waals surface area contributed by atoms with Gasteiger partial charge in [0.2, 0.25) is 0 Å². The topological polar surface area (TPSA) is 52.9 Å². The molecule has 2 atom stereocenters. The van der Waals surface area contributed by atoms with E-state index < -0.39 is 5.41 Å². The van der Waals surface area contributed by atoms with Crippen LogP contribution in [0, 0.1) is 16.7 Å². The van der Waals surface area contributed by atoms with E-state index in [0.29, 0.717) is 6.42 Å². The molecule has 23 heavy (non-hydrogen) atoms. The van der Waals surface area contributed by atoms with Crippen molar-refractivity contribution in [2.75, 3.05) is 0 Å². The molecule has 1 aliphatic carbocycles. The molecule has 1 N–H and O–H groups in total. The minimum absolute atomic E-state index is 0.0279. The van der Waals surface area contributed by atoms with Crippen molar-refractivity contribution >= 4 is 22.8 Å². The number of carbonyl (C=O) groups excluding carboxylic acids is 1. The number of carbonyl (C=O) groups is 1. The van der Waals surface area contributed by atoms with Gasteiger partial charge in [-0.3, -0.25) is 4.79 Å². The van der Waals surface area contributed by atoms with Crippen LogP contribution in [0.4, 0.5) is 0 Å². The van der Waals surface area contributed by atoms with Crippen LogP contribution in [0.2, 0.25) is 0 Å². The number of rotatable bonds is 3. The van der Waals surface area contributed by atoms with Gasteiger partial charge in [0.1, 0.15) is 0 Å². The Kier molecular flexibility index (Phi) is 3.32. The van der Waals surface area contributed by atoms with Crippen molar-refractivity contribution in [2.24, 2.45) is 5.41 Å². The molecule has 1 aromatic carbocycles. The molecule has 2 heterocycles. The molecular weight excluding hydrogens is 304 g/mol. The molecule has 114 valence electrons. The molecule has 0 spiro atoms. The van der Waals surface area contributed by atoms with Crippen LogP contribution in [0.15, 0.2) is 53.4 Å². The number of hydrogen-bond donors (Lipinski definition) is 1. The molecule has 1 saturated carbocycles. The van der Waals surface area contributed by atoms with Gasteiger partial charge in [0, 0.05) is 4.88 Å². The molecule has 3 nitrogen and oxygen atoms in total. The molecule has 1 fully saturated rings. The molecular formula is C19H16N2OS. The molecule has 0 radical (unpaired) electrons. The maximum Gasteiger partial charge on any atom is 0.253 e. The lowest BCUT2D eigenvalue weighted by Gasteiger charge is -2.27. The minimum Gasteiger partial charge on any atom is -0.344 e. The Morgan fingerprint density at radius 3 is 2.78 bits per heavy atom. The minimum atomic E-state index is -0.536. The Morgan fingerprint density at radius 1 is 1.26 bits per heavy atom. The normalized spacial score (nSPS) is 26.0. The molecule has 4 rings (SSSR count). The lowest BCUT2D eigenvalue weighted by Crippen LogP contribution is -2.41. The van der Waals surface area contributed by atoms with Crippen molar-refractivity contribution in [3.8, 4) is 6.07 Å². The average Bonchev–Trinajstić information content (AvgIpc) is 3.26. The van der Waals surface area contributed by atoms with Crippen LogP contribution in [0.1, 0.15) is 23.3 Å². The number of nitrogens with zero attached hydrogens (tertiary/aromatic N) is 1. The third kappa shape index (κ3) is 2.20. The van der Waals surface area contributed by atoms with Crippen molar-refractivity contribution in [1.82, 2.24) is 5.32 Å². The Bertz CT molecular complexity index is 817. The Balaban J connectivity index is 1.73. The monoisotopic (exact) mass is 320 g/mol. The summed E-state index contributed by atoms with van der Waals surface area (Å²) in [5.74, 6) is -0.0279. The lowest BCUT2D eigenvalue weighted by atomic mass is 9.78. The molecule has 2 aromatic rings. The summed E-state index contributed by atoms with van der Waals surface area (Å²) < 4.78 is 0. The summed E-state index contributed by atoms with van der Waals surface area (Å²) in [6.45, 7) is 0. The van der Waals surface area contributed by atoms with Crippen molar-refractivity contribution in [3.63, 3.8) is 0 Å². The van der Waals surface area contributed by atoms with E-state index in [1.807, 2.05) is 35.7 Å². The highest BCUT2D eigenvalue weighted by molar-refractivity contribution is 7.11. The van der Waals surface area contributed by atoms with Crippen LogP contribution in [0.3, 0.4) is 0 Å². The van der Waals surface area contributed by atoms with E-state index in [-0.39, 0.29) is 11.9 Å². The molecule has 4 heteroatoms. The van der Waals surface area contributed by atoms with Gasteiger partial charge in [-0.15, -0.1) is 11.3 Å². The molecule has 0 saturated heterocycles. The zero-order chi connectivity index (χ0) is 15.9. The van der Waals surface area contributed by atoms with E-state index in [2.05, 4.69) is 23.5 Å². The van der Waals surface area contributed by atoms with Crippen LogP contribution >= 0.6 is 11.3 Å². The van der Waals surface area contributed by atoms with E-state index in [0.717, 1.165) is 34.4 Å². The van der Waals surface area contributed by atoms with Gasteiger partial charge in [-0.05, 0) is 41.8 Å². The van der Waals surface area contributed by atoms with Gasteiger partial charge in [0.15, 0.2) is 0 Å². The van der Waals surface area contributed by atoms with Crippen LogP contribution < -0.4 is 5.32 Å². The molecule has 2 aliphatic rings. The van der Waals surface area contributed by atoms with Crippen LogP contribution in [0.25, 0.3) is 5.57 Å². The van der Waals surface area contributed by atoms with E-state index in [4.69, 9.17) is 0 Å². The van der Waals surface area contributed by atoms with Gasteiger partial charge in [0.05, 0.1) is 23.1 Å². The fraction of sp³-hybridized carbons (Fsp3) is 0.263. The quantitative estimate of drug-likeness (QED) is 0.940. The number of nitriles is 1. The maximum atomic E-state index is 12.5. The van der Waals surface area contributed by atoms with Gasteiger partial charge in [-0.1, -0.05) is 36.4 Å². The van der Waals surface area contributed by atoms with Crippen LogP contribution in [-0.2, 0) is 11.2 Å². The van der Waals surface area contributed by atoms with Gasteiger partial charge < -0.3 is 5.32 Å². The number of hydrogen-bond acceptors (Lipinski definition) is 3. The highest BCUT2D eigenvalue weighted by Gasteiger charge is 2.52. The van der Waals surface area contributed by atoms with Crippen LogP contribution in [0.5, 0.6) is 0 Å². The maximum absolute atomic E-state index is 12.5. The highest BCUT2D eigenvalue weighted by Crippen LogP contribution is 2.49. The van der Waals surface area contributed by atoms with E-state index in [9.17, 15) is 10.1 Å². The molecule has 1 amide bonds. The second-order valence-corrected chi connectivity index (χ2v) is 7.16. The van der Waals surface area contributed by atoms with Crippen molar-refractivity contribution < 1.29 is 4.79 Å². The summed E-state index contributed by atoms with van der Waals surface area (Å²) in [5.41, 5.74) is 2.53. The van der Waals surface area contributed by atoms with E-state index in [1.165, 1.54) is 0 Å². The second kappa shape index (κ2) is 5.36. The first kappa shape index (κ1) is 14.2. The SMILES string of the molecule is N#CC1(Cc2ccccc2)CCC2=C(c3cccs3)C(=O)NC21. The molecule has 0 bridgehead atoms. The summed E-state index contributed by atoms with van der Waals surface area (Å²) in [4.78, 5) is 13.5. The van der Waals surface area contributed by atoms with E-state index >= 15 is 0 Å². The largest absolute Gasteiger partial charge is 0.344 e. The number of benzene rings is 1. The van der Waals surface area contributed by atoms with Crippen molar-refractivity contribution in [3.05, 3.63) is 63.9 Å². The third-order valence-corrected chi connectivity index (χ3v) is 5.81. The molecule has 1 aliphatic heterocycles. The standard InChI is InChI=1S/C19H16N2OS/c20-12-19(11-13-5-2-1-3-6-13)9-8-14-16(15-7-4-10-23-15)18(22)21-17(14)19/h1-7,10,17H,8-9,11H2,(H,21,22). The number of nitrogens with one attached hydrogen (secondary N) is 1. The van der Waals surface area contributed by atoms with Gasteiger partial charge >= 0.3 is 0 Å². The summed E-state index contributed by atoms with van der Waals surface area (Å²) in [6.07, 6.45) is 2.29. The van der Waals surface area contributed by atoms with Gasteiger partial charge in [-0.25, -0.2) is 0 Å². The number of amides is 1. The highest BCUT2D eigenvalue weighted by atomic mass is 32.1. The Morgan fingerprint density at radius 2 is 2.09 bits per heavy atom. The predicted octanol–water partition coefficient (Wildman–Crippen LogP) is 3.55. The van der Waals surface area contributed by atoms with Gasteiger partial charge in [0.25, 0.3) is 5.91 Å². The fourth-order valence-corrected chi connectivity index (χ4v) is 4.63.